The molecule has 0 spiro atoms. The largest absolute Gasteiger partial charge is 0.486 e. The third-order valence-electron chi connectivity index (χ3n) is 2.23. The molecule has 0 N–H and O–H groups in total. The summed E-state index contributed by atoms with van der Waals surface area (Å²) >= 11 is 5.43. The Hall–Kier alpha value is 0.350. The van der Waals surface area contributed by atoms with Crippen LogP contribution >= 0.6 is 18.4 Å². The van der Waals surface area contributed by atoms with E-state index in [4.69, 9.17) is 16.0 Å². The van der Waals surface area contributed by atoms with Gasteiger partial charge in [-0.15, -0.1) is 0 Å². The van der Waals surface area contributed by atoms with Crippen molar-refractivity contribution in [1.82, 2.24) is 0 Å². The van der Waals surface area contributed by atoms with Crippen LogP contribution in [0.3, 0.4) is 0 Å². The fourth-order valence-electron chi connectivity index (χ4n) is 1.53. The number of halogens is 1. The minimum absolute atomic E-state index is 0.287. The van der Waals surface area contributed by atoms with Crippen molar-refractivity contribution in [2.24, 2.45) is 0 Å². The summed E-state index contributed by atoms with van der Waals surface area (Å²) in [6, 6.07) is 0. The molecule has 0 bridgehead atoms. The summed E-state index contributed by atoms with van der Waals surface area (Å²) in [5.74, 6) is -0.287. The number of rotatable bonds is 3. The standard InChI is InChI=1S/C8H15ClO2P/c1-7(12(9)10)11-8-5-3-2-4-6-8/h7-8H,2-6H2,1H3/q+1. The lowest BCUT2D eigenvalue weighted by Crippen LogP contribution is -2.19. The second kappa shape index (κ2) is 5.16. The average Bonchev–Trinajstić information content (AvgIpc) is 2.06. The quantitative estimate of drug-likeness (QED) is 0.663. The lowest BCUT2D eigenvalue weighted by Gasteiger charge is -2.21. The van der Waals surface area contributed by atoms with Crippen LogP contribution in [0, 0.1) is 0 Å². The molecule has 1 aliphatic rings. The third-order valence-corrected chi connectivity index (χ3v) is 3.75. The highest BCUT2D eigenvalue weighted by Gasteiger charge is 2.28. The van der Waals surface area contributed by atoms with Crippen molar-refractivity contribution in [3.8, 4) is 0 Å². The zero-order valence-corrected chi connectivity index (χ0v) is 8.98. The molecule has 1 saturated carbocycles. The van der Waals surface area contributed by atoms with Crippen molar-refractivity contribution in [3.05, 3.63) is 0 Å². The molecule has 0 aliphatic heterocycles. The second-order valence-electron chi connectivity index (χ2n) is 3.27. The minimum Gasteiger partial charge on any atom is -0.331 e. The Morgan fingerprint density at radius 3 is 2.50 bits per heavy atom. The first-order chi connectivity index (χ1) is 5.70. The van der Waals surface area contributed by atoms with Gasteiger partial charge >= 0.3 is 7.15 Å². The Kier molecular flexibility index (Phi) is 4.49. The molecular weight excluding hydrogens is 195 g/mol. The molecule has 0 aromatic heterocycles. The summed E-state index contributed by atoms with van der Waals surface area (Å²) in [7, 11) is -1.69. The van der Waals surface area contributed by atoms with E-state index in [9.17, 15) is 4.57 Å². The van der Waals surface area contributed by atoms with Gasteiger partial charge in [-0.1, -0.05) is 19.3 Å². The Balaban J connectivity index is 2.24. The van der Waals surface area contributed by atoms with Gasteiger partial charge < -0.3 is 4.74 Å². The third kappa shape index (κ3) is 3.38. The summed E-state index contributed by atoms with van der Waals surface area (Å²) < 4.78 is 16.3. The maximum Gasteiger partial charge on any atom is 0.486 e. The van der Waals surface area contributed by atoms with E-state index in [1.54, 1.807) is 6.92 Å². The fourth-order valence-corrected chi connectivity index (χ4v) is 1.93. The molecule has 12 heavy (non-hydrogen) atoms. The van der Waals surface area contributed by atoms with Gasteiger partial charge in [0.2, 0.25) is 11.2 Å². The predicted molar refractivity (Wildman–Crippen MR) is 50.9 cm³/mol. The lowest BCUT2D eigenvalue weighted by molar-refractivity contribution is 0.0170. The molecule has 2 nitrogen and oxygen atoms in total. The molecule has 1 fully saturated rings. The van der Waals surface area contributed by atoms with E-state index in [1.165, 1.54) is 19.3 Å². The van der Waals surface area contributed by atoms with E-state index in [0.717, 1.165) is 12.8 Å². The topological polar surface area (TPSA) is 26.3 Å². The Labute approximate surface area is 79.2 Å². The van der Waals surface area contributed by atoms with Gasteiger partial charge in [-0.05, 0) is 17.4 Å². The summed E-state index contributed by atoms with van der Waals surface area (Å²) in [4.78, 5) is 0. The maximum atomic E-state index is 10.8. The van der Waals surface area contributed by atoms with Crippen LogP contribution in [0.4, 0.5) is 0 Å². The average molecular weight is 210 g/mol. The first-order valence-electron chi connectivity index (χ1n) is 4.48. The second-order valence-corrected chi connectivity index (χ2v) is 5.54. The lowest BCUT2D eigenvalue weighted by atomic mass is 9.98. The van der Waals surface area contributed by atoms with Crippen LogP contribution in [-0.2, 0) is 9.30 Å². The first-order valence-corrected chi connectivity index (χ1v) is 6.71. The van der Waals surface area contributed by atoms with Gasteiger partial charge in [0.05, 0.1) is 6.10 Å². The van der Waals surface area contributed by atoms with E-state index in [0.29, 0.717) is 6.10 Å². The van der Waals surface area contributed by atoms with Crippen molar-refractivity contribution >= 4 is 18.4 Å². The molecule has 0 amide bonds. The molecule has 70 valence electrons. The van der Waals surface area contributed by atoms with Gasteiger partial charge in [-0.2, -0.15) is 0 Å². The number of hydrogen-bond donors (Lipinski definition) is 0. The molecule has 0 radical (unpaired) electrons. The van der Waals surface area contributed by atoms with Crippen molar-refractivity contribution < 1.29 is 9.30 Å². The monoisotopic (exact) mass is 209 g/mol. The highest BCUT2D eigenvalue weighted by molar-refractivity contribution is 7.74. The van der Waals surface area contributed by atoms with Gasteiger partial charge in [-0.3, -0.25) is 0 Å². The van der Waals surface area contributed by atoms with E-state index < -0.39 is 7.15 Å². The van der Waals surface area contributed by atoms with Crippen molar-refractivity contribution in [3.63, 3.8) is 0 Å². The van der Waals surface area contributed by atoms with E-state index in [1.807, 2.05) is 0 Å². The maximum absolute atomic E-state index is 10.8. The van der Waals surface area contributed by atoms with Crippen LogP contribution in [0.15, 0.2) is 0 Å². The van der Waals surface area contributed by atoms with Crippen molar-refractivity contribution in [2.75, 3.05) is 0 Å². The summed E-state index contributed by atoms with van der Waals surface area (Å²) in [6.07, 6.45) is 6.27. The summed E-state index contributed by atoms with van der Waals surface area (Å²) in [5.41, 5.74) is 0. The van der Waals surface area contributed by atoms with Crippen LogP contribution in [0.2, 0.25) is 0 Å². The molecular formula is C8H15ClO2P+. The molecule has 0 heterocycles. The highest BCUT2D eigenvalue weighted by atomic mass is 35.7. The van der Waals surface area contributed by atoms with Gasteiger partial charge in [0, 0.05) is 6.92 Å². The highest BCUT2D eigenvalue weighted by Crippen LogP contribution is 2.36. The van der Waals surface area contributed by atoms with E-state index in [2.05, 4.69) is 0 Å². The number of hydrogen-bond acceptors (Lipinski definition) is 2. The fraction of sp³-hybridized carbons (Fsp3) is 1.00. The Morgan fingerprint density at radius 2 is 2.00 bits per heavy atom. The van der Waals surface area contributed by atoms with Crippen molar-refractivity contribution in [2.45, 2.75) is 51.0 Å². The van der Waals surface area contributed by atoms with Gasteiger partial charge in [0.15, 0.2) is 0 Å². The van der Waals surface area contributed by atoms with Crippen LogP contribution in [0.5, 0.6) is 0 Å². The predicted octanol–water partition coefficient (Wildman–Crippen LogP) is 3.66. The zero-order chi connectivity index (χ0) is 8.97. The molecule has 4 heteroatoms. The normalized spacial score (nSPS) is 23.7. The van der Waals surface area contributed by atoms with Crippen molar-refractivity contribution in [1.29, 1.82) is 0 Å². The molecule has 2 atom stereocenters. The smallest absolute Gasteiger partial charge is 0.331 e. The SMILES string of the molecule is CC(OC1CCCCC1)[P+](=O)Cl. The molecule has 0 aromatic rings. The summed E-state index contributed by atoms with van der Waals surface area (Å²) in [6.45, 7) is 1.78. The van der Waals surface area contributed by atoms with Crippen LogP contribution in [0.1, 0.15) is 39.0 Å². The van der Waals surface area contributed by atoms with E-state index in [-0.39, 0.29) is 5.85 Å². The van der Waals surface area contributed by atoms with Crippen LogP contribution in [-0.4, -0.2) is 11.9 Å². The molecule has 1 aliphatic carbocycles. The van der Waals surface area contributed by atoms with E-state index >= 15 is 0 Å². The van der Waals surface area contributed by atoms with Gasteiger partial charge in [0.1, 0.15) is 0 Å². The Bertz CT molecular complexity index is 157. The summed E-state index contributed by atoms with van der Waals surface area (Å²) in [5, 5.41) is 0. The van der Waals surface area contributed by atoms with Gasteiger partial charge in [-0.25, -0.2) is 0 Å². The Morgan fingerprint density at radius 1 is 1.42 bits per heavy atom. The zero-order valence-electron chi connectivity index (χ0n) is 7.33. The molecule has 1 rings (SSSR count). The first kappa shape index (κ1) is 10.4. The molecule has 2 unspecified atom stereocenters. The minimum atomic E-state index is -1.69. The van der Waals surface area contributed by atoms with Gasteiger partial charge in [0.25, 0.3) is 5.85 Å². The van der Waals surface area contributed by atoms with Crippen LogP contribution < -0.4 is 0 Å². The molecule has 0 aromatic carbocycles. The van der Waals surface area contributed by atoms with Crippen LogP contribution in [0.25, 0.3) is 0 Å². The molecule has 0 saturated heterocycles. The number of ether oxygens (including phenoxy) is 1.